The van der Waals surface area contributed by atoms with Crippen molar-refractivity contribution < 1.29 is 17.9 Å². The van der Waals surface area contributed by atoms with Gasteiger partial charge in [0.2, 0.25) is 0 Å². The van der Waals surface area contributed by atoms with Crippen LogP contribution in [0.1, 0.15) is 49.6 Å². The van der Waals surface area contributed by atoms with Crippen molar-refractivity contribution in [2.45, 2.75) is 56.2 Å². The van der Waals surface area contributed by atoms with Crippen LogP contribution >= 0.6 is 0 Å². The lowest BCUT2D eigenvalue weighted by molar-refractivity contribution is 0.0924. The summed E-state index contributed by atoms with van der Waals surface area (Å²) in [7, 11) is -3.31. The fraction of sp³-hybridized carbons (Fsp3) is 0.522. The summed E-state index contributed by atoms with van der Waals surface area (Å²) >= 11 is 0. The number of urea groups is 1. The first kappa shape index (κ1) is 22.1. The van der Waals surface area contributed by atoms with Crippen molar-refractivity contribution in [2.75, 3.05) is 30.0 Å². The minimum absolute atomic E-state index is 0.0753. The second-order valence-corrected chi connectivity index (χ2v) is 11.3. The molecule has 1 saturated heterocycles. The lowest BCUT2D eigenvalue weighted by Crippen LogP contribution is -2.46. The zero-order chi connectivity index (χ0) is 23.2. The highest BCUT2D eigenvalue weighted by atomic mass is 32.2. The Morgan fingerprint density at radius 1 is 1.21 bits per heavy atom. The van der Waals surface area contributed by atoms with Crippen LogP contribution in [0.5, 0.6) is 0 Å². The number of nitrogens with zero attached hydrogens (tertiary/aromatic N) is 3. The Bertz CT molecular complexity index is 1160. The van der Waals surface area contributed by atoms with Crippen LogP contribution in [-0.2, 0) is 20.3 Å². The Labute approximate surface area is 193 Å². The maximum atomic E-state index is 12.7. The molecule has 1 aliphatic carbocycles. The van der Waals surface area contributed by atoms with Crippen LogP contribution in [0.2, 0.25) is 0 Å². The molecule has 2 fully saturated rings. The number of aromatic nitrogens is 2. The summed E-state index contributed by atoms with van der Waals surface area (Å²) in [6.45, 7) is 5.65. The van der Waals surface area contributed by atoms with Gasteiger partial charge in [-0.25, -0.2) is 23.2 Å². The molecule has 3 aliphatic rings. The van der Waals surface area contributed by atoms with Crippen LogP contribution in [0.25, 0.3) is 11.4 Å². The number of amides is 2. The SMILES string of the molecule is CCC1COCCN1c1nc(-c2ccc(NC(=O)NC3CC3)cc2)nc2c1C(C)S(=O)(=O)C2. The first-order valence-corrected chi connectivity index (χ1v) is 13.2. The molecule has 2 atom stereocenters. The van der Waals surface area contributed by atoms with E-state index in [2.05, 4.69) is 27.4 Å². The maximum absolute atomic E-state index is 12.7. The highest BCUT2D eigenvalue weighted by Gasteiger charge is 2.40. The van der Waals surface area contributed by atoms with E-state index in [9.17, 15) is 13.2 Å². The van der Waals surface area contributed by atoms with Gasteiger partial charge in [0.25, 0.3) is 0 Å². The van der Waals surface area contributed by atoms with Gasteiger partial charge in [0, 0.05) is 29.4 Å². The molecule has 2 unspecified atom stereocenters. The largest absolute Gasteiger partial charge is 0.377 e. The predicted octanol–water partition coefficient (Wildman–Crippen LogP) is 3.03. The van der Waals surface area contributed by atoms with Gasteiger partial charge < -0.3 is 20.3 Å². The van der Waals surface area contributed by atoms with Crippen LogP contribution in [0.15, 0.2) is 24.3 Å². The van der Waals surface area contributed by atoms with Gasteiger partial charge in [-0.15, -0.1) is 0 Å². The summed E-state index contributed by atoms with van der Waals surface area (Å²) in [5.41, 5.74) is 2.74. The van der Waals surface area contributed by atoms with Gasteiger partial charge in [0.1, 0.15) is 5.82 Å². The third kappa shape index (κ3) is 4.41. The Hall–Kier alpha value is -2.72. The minimum Gasteiger partial charge on any atom is -0.377 e. The van der Waals surface area contributed by atoms with Crippen molar-refractivity contribution in [1.82, 2.24) is 15.3 Å². The second-order valence-electron chi connectivity index (χ2n) is 8.96. The Balaban J connectivity index is 1.49. The molecule has 0 bridgehead atoms. The zero-order valence-corrected chi connectivity index (χ0v) is 19.7. The van der Waals surface area contributed by atoms with E-state index in [0.29, 0.717) is 48.3 Å². The number of sulfone groups is 1. The third-order valence-electron chi connectivity index (χ3n) is 6.57. The number of carbonyl (C=O) groups is 1. The molecule has 2 N–H and O–H groups in total. The molecule has 10 heteroatoms. The summed E-state index contributed by atoms with van der Waals surface area (Å²) in [4.78, 5) is 23.7. The topological polar surface area (TPSA) is 114 Å². The molecule has 1 saturated carbocycles. The van der Waals surface area contributed by atoms with Crippen LogP contribution in [0, 0.1) is 0 Å². The summed E-state index contributed by atoms with van der Waals surface area (Å²) in [5.74, 6) is 1.11. The van der Waals surface area contributed by atoms with E-state index < -0.39 is 15.1 Å². The molecule has 0 spiro atoms. The lowest BCUT2D eigenvalue weighted by Gasteiger charge is -2.37. The summed E-state index contributed by atoms with van der Waals surface area (Å²) < 4.78 is 31.1. The van der Waals surface area contributed by atoms with Crippen molar-refractivity contribution in [3.63, 3.8) is 0 Å². The van der Waals surface area contributed by atoms with Crippen molar-refractivity contribution in [1.29, 1.82) is 0 Å². The standard InChI is InChI=1S/C23H29N5O4S/c1-3-18-12-32-11-10-28(18)22-20-14(2)33(30,31)13-19(20)26-21(27-22)15-4-6-16(7-5-15)24-23(29)25-17-8-9-17/h4-7,14,17-18H,3,8-13H2,1-2H3,(H2,24,25,29). The molecule has 176 valence electrons. The monoisotopic (exact) mass is 471 g/mol. The number of anilines is 2. The number of ether oxygens (including phenoxy) is 1. The summed E-state index contributed by atoms with van der Waals surface area (Å²) in [6, 6.07) is 7.52. The van der Waals surface area contributed by atoms with Crippen LogP contribution in [-0.4, -0.2) is 56.3 Å². The Kier molecular flexibility index (Phi) is 5.74. The second kappa shape index (κ2) is 8.57. The number of fused-ring (bicyclic) bond motifs is 1. The molecule has 5 rings (SSSR count). The van der Waals surface area contributed by atoms with E-state index in [-0.39, 0.29) is 23.9 Å². The minimum atomic E-state index is -3.31. The highest BCUT2D eigenvalue weighted by molar-refractivity contribution is 7.91. The highest BCUT2D eigenvalue weighted by Crippen LogP contribution is 2.42. The summed E-state index contributed by atoms with van der Waals surface area (Å²) in [5, 5.41) is 5.10. The third-order valence-corrected chi connectivity index (χ3v) is 8.56. The number of nitrogens with one attached hydrogen (secondary N) is 2. The smallest absolute Gasteiger partial charge is 0.319 e. The number of carbonyl (C=O) groups excluding carboxylic acids is 1. The van der Waals surface area contributed by atoms with Crippen molar-refractivity contribution >= 4 is 27.4 Å². The molecular formula is C23H29N5O4S. The predicted molar refractivity (Wildman–Crippen MR) is 126 cm³/mol. The van der Waals surface area contributed by atoms with E-state index in [4.69, 9.17) is 9.72 Å². The number of rotatable bonds is 5. The van der Waals surface area contributed by atoms with Crippen molar-refractivity contribution in [2.24, 2.45) is 0 Å². The van der Waals surface area contributed by atoms with Crippen LogP contribution < -0.4 is 15.5 Å². The van der Waals surface area contributed by atoms with E-state index in [1.54, 1.807) is 19.1 Å². The van der Waals surface area contributed by atoms with Gasteiger partial charge in [-0.2, -0.15) is 0 Å². The molecular weight excluding hydrogens is 442 g/mol. The molecule has 0 radical (unpaired) electrons. The quantitative estimate of drug-likeness (QED) is 0.689. The van der Waals surface area contributed by atoms with E-state index in [0.717, 1.165) is 24.8 Å². The first-order valence-electron chi connectivity index (χ1n) is 11.5. The zero-order valence-electron chi connectivity index (χ0n) is 18.9. The number of hydrogen-bond acceptors (Lipinski definition) is 7. The first-order chi connectivity index (χ1) is 15.9. The fourth-order valence-electron chi connectivity index (χ4n) is 4.43. The van der Waals surface area contributed by atoms with Gasteiger partial charge in [-0.3, -0.25) is 0 Å². The Morgan fingerprint density at radius 3 is 2.67 bits per heavy atom. The van der Waals surface area contributed by atoms with Crippen molar-refractivity contribution in [3.05, 3.63) is 35.5 Å². The fourth-order valence-corrected chi connectivity index (χ4v) is 5.88. The molecule has 1 aromatic heterocycles. The molecule has 3 heterocycles. The number of hydrogen-bond donors (Lipinski definition) is 2. The van der Waals surface area contributed by atoms with Gasteiger partial charge in [0.15, 0.2) is 15.7 Å². The number of benzene rings is 1. The maximum Gasteiger partial charge on any atom is 0.319 e. The molecule has 33 heavy (non-hydrogen) atoms. The summed E-state index contributed by atoms with van der Waals surface area (Å²) in [6.07, 6.45) is 2.93. The molecule has 2 aliphatic heterocycles. The average Bonchev–Trinajstić information content (AvgIpc) is 3.58. The normalized spacial score (nSPS) is 23.8. The van der Waals surface area contributed by atoms with E-state index >= 15 is 0 Å². The molecule has 2 amide bonds. The van der Waals surface area contributed by atoms with Gasteiger partial charge in [-0.05, 0) is 50.5 Å². The van der Waals surface area contributed by atoms with Gasteiger partial charge in [-0.1, -0.05) is 6.92 Å². The van der Waals surface area contributed by atoms with Crippen LogP contribution in [0.3, 0.4) is 0 Å². The van der Waals surface area contributed by atoms with Crippen molar-refractivity contribution in [3.8, 4) is 11.4 Å². The van der Waals surface area contributed by atoms with Gasteiger partial charge >= 0.3 is 6.03 Å². The number of morpholine rings is 1. The van der Waals surface area contributed by atoms with Gasteiger partial charge in [0.05, 0.1) is 36.0 Å². The molecule has 2 aromatic rings. The van der Waals surface area contributed by atoms with E-state index in [1.807, 2.05) is 12.1 Å². The Morgan fingerprint density at radius 2 is 1.97 bits per heavy atom. The lowest BCUT2D eigenvalue weighted by atomic mass is 10.1. The molecule has 9 nitrogen and oxygen atoms in total. The van der Waals surface area contributed by atoms with E-state index in [1.165, 1.54) is 0 Å². The van der Waals surface area contributed by atoms with Crippen LogP contribution in [0.4, 0.5) is 16.3 Å². The molecule has 1 aromatic carbocycles. The average molecular weight is 472 g/mol.